The molecule has 33 heavy (non-hydrogen) atoms. The maximum absolute atomic E-state index is 13.2. The van der Waals surface area contributed by atoms with E-state index in [0.29, 0.717) is 18.5 Å². The van der Waals surface area contributed by atoms with Crippen LogP contribution in [0.25, 0.3) is 0 Å². The third-order valence-corrected chi connectivity index (χ3v) is 7.50. The van der Waals surface area contributed by atoms with E-state index in [1.807, 2.05) is 19.9 Å². The molecule has 10 heteroatoms. The smallest absolute Gasteiger partial charge is 0.243 e. The van der Waals surface area contributed by atoms with Gasteiger partial charge in [-0.15, -0.1) is 0 Å². The molecule has 1 aliphatic rings. The first-order valence-corrected chi connectivity index (χ1v) is 12.4. The summed E-state index contributed by atoms with van der Waals surface area (Å²) in [6, 6.07) is 9.27. The number of amides is 2. The standard InChI is InChI=1S/C23H29FN4O4S/c1-16(2)21(23(30)26-14-19-7-3-4-12-25-19)27-22(29)17-6-5-13-28(15-17)33(31,32)20-10-8-18(24)9-11-20/h3-4,7-12,16-17,21H,5-6,13-15H2,1-2H3,(H,26,30)(H,27,29)/t17-,21-/m0/s1. The van der Waals surface area contributed by atoms with Crippen LogP contribution in [0, 0.1) is 17.7 Å². The molecule has 8 nitrogen and oxygen atoms in total. The predicted octanol–water partition coefficient (Wildman–Crippen LogP) is 2.08. The number of halogens is 1. The van der Waals surface area contributed by atoms with Gasteiger partial charge in [0.05, 0.1) is 23.1 Å². The molecule has 178 valence electrons. The average Bonchev–Trinajstić information content (AvgIpc) is 2.81. The fourth-order valence-electron chi connectivity index (χ4n) is 3.73. The van der Waals surface area contributed by atoms with E-state index in [1.54, 1.807) is 18.3 Å². The number of carbonyl (C=O) groups excluding carboxylic acids is 2. The molecule has 2 amide bonds. The minimum absolute atomic E-state index is 0.00587. The van der Waals surface area contributed by atoms with Crippen molar-refractivity contribution in [3.05, 3.63) is 60.2 Å². The van der Waals surface area contributed by atoms with Crippen LogP contribution in [0.1, 0.15) is 32.4 Å². The molecule has 0 radical (unpaired) electrons. The van der Waals surface area contributed by atoms with E-state index in [-0.39, 0.29) is 42.3 Å². The largest absolute Gasteiger partial charge is 0.349 e. The Morgan fingerprint density at radius 3 is 2.55 bits per heavy atom. The van der Waals surface area contributed by atoms with Crippen LogP contribution in [0.15, 0.2) is 53.6 Å². The van der Waals surface area contributed by atoms with Crippen LogP contribution >= 0.6 is 0 Å². The quantitative estimate of drug-likeness (QED) is 0.607. The van der Waals surface area contributed by atoms with Gasteiger partial charge in [0.25, 0.3) is 0 Å². The molecule has 1 saturated heterocycles. The highest BCUT2D eigenvalue weighted by Gasteiger charge is 2.35. The third kappa shape index (κ3) is 6.35. The third-order valence-electron chi connectivity index (χ3n) is 5.62. The van der Waals surface area contributed by atoms with Gasteiger partial charge in [-0.2, -0.15) is 4.31 Å². The number of piperidine rings is 1. The van der Waals surface area contributed by atoms with Gasteiger partial charge >= 0.3 is 0 Å². The van der Waals surface area contributed by atoms with E-state index >= 15 is 0 Å². The van der Waals surface area contributed by atoms with Crippen LogP contribution in [-0.4, -0.2) is 48.7 Å². The molecule has 0 aliphatic carbocycles. The van der Waals surface area contributed by atoms with Crippen molar-refractivity contribution in [3.8, 4) is 0 Å². The highest BCUT2D eigenvalue weighted by molar-refractivity contribution is 7.89. The molecule has 1 aromatic carbocycles. The van der Waals surface area contributed by atoms with Crippen molar-refractivity contribution in [1.82, 2.24) is 19.9 Å². The van der Waals surface area contributed by atoms with Crippen LogP contribution in [-0.2, 0) is 26.2 Å². The van der Waals surface area contributed by atoms with Gasteiger partial charge in [-0.25, -0.2) is 12.8 Å². The zero-order valence-corrected chi connectivity index (χ0v) is 19.5. The number of hydrogen-bond donors (Lipinski definition) is 2. The number of carbonyl (C=O) groups is 2. The summed E-state index contributed by atoms with van der Waals surface area (Å²) in [6.07, 6.45) is 2.66. The van der Waals surface area contributed by atoms with Crippen LogP contribution < -0.4 is 10.6 Å². The number of nitrogens with one attached hydrogen (secondary N) is 2. The molecule has 1 aromatic heterocycles. The summed E-state index contributed by atoms with van der Waals surface area (Å²) in [5.74, 6) is -1.96. The zero-order valence-electron chi connectivity index (χ0n) is 18.7. The molecule has 0 saturated carbocycles. The summed E-state index contributed by atoms with van der Waals surface area (Å²) in [4.78, 5) is 29.8. The molecule has 2 N–H and O–H groups in total. The minimum Gasteiger partial charge on any atom is -0.349 e. The fraction of sp³-hybridized carbons (Fsp3) is 0.435. The Morgan fingerprint density at radius 2 is 1.91 bits per heavy atom. The number of benzene rings is 1. The Hall–Kier alpha value is -2.85. The van der Waals surface area contributed by atoms with Gasteiger partial charge in [-0.05, 0) is 55.2 Å². The molecular formula is C23H29FN4O4S. The Balaban J connectivity index is 1.63. The minimum atomic E-state index is -3.85. The van der Waals surface area contributed by atoms with Gasteiger partial charge in [0, 0.05) is 19.3 Å². The van der Waals surface area contributed by atoms with E-state index < -0.39 is 27.8 Å². The summed E-state index contributed by atoms with van der Waals surface area (Å²) in [5, 5.41) is 5.59. The number of nitrogens with zero attached hydrogens (tertiary/aromatic N) is 2. The summed E-state index contributed by atoms with van der Waals surface area (Å²) >= 11 is 0. The Kier molecular flexibility index (Phi) is 8.15. The number of aromatic nitrogens is 1. The van der Waals surface area contributed by atoms with E-state index in [1.165, 1.54) is 16.4 Å². The second-order valence-electron chi connectivity index (χ2n) is 8.43. The Labute approximate surface area is 193 Å². The zero-order chi connectivity index (χ0) is 24.0. The van der Waals surface area contributed by atoms with Crippen LogP contribution in [0.2, 0.25) is 0 Å². The maximum atomic E-state index is 13.2. The molecule has 3 rings (SSSR count). The van der Waals surface area contributed by atoms with Crippen molar-refractivity contribution in [1.29, 1.82) is 0 Å². The van der Waals surface area contributed by atoms with Crippen LogP contribution in [0.5, 0.6) is 0 Å². The van der Waals surface area contributed by atoms with Gasteiger partial charge in [-0.3, -0.25) is 14.6 Å². The van der Waals surface area contributed by atoms with Crippen molar-refractivity contribution in [3.63, 3.8) is 0 Å². The summed E-state index contributed by atoms with van der Waals surface area (Å²) < 4.78 is 40.3. The second kappa shape index (κ2) is 10.8. The summed E-state index contributed by atoms with van der Waals surface area (Å²) in [6.45, 7) is 4.19. The molecule has 0 spiro atoms. The van der Waals surface area contributed by atoms with Crippen molar-refractivity contribution < 1.29 is 22.4 Å². The molecule has 0 bridgehead atoms. The summed E-state index contributed by atoms with van der Waals surface area (Å²) in [5.41, 5.74) is 0.702. The Morgan fingerprint density at radius 1 is 1.18 bits per heavy atom. The lowest BCUT2D eigenvalue weighted by molar-refractivity contribution is -0.132. The van der Waals surface area contributed by atoms with Crippen LogP contribution in [0.4, 0.5) is 4.39 Å². The Bertz CT molecular complexity index is 1060. The number of sulfonamides is 1. The molecule has 2 heterocycles. The van der Waals surface area contributed by atoms with Crippen molar-refractivity contribution >= 4 is 21.8 Å². The van der Waals surface area contributed by atoms with Crippen molar-refractivity contribution in [2.45, 2.75) is 44.2 Å². The SMILES string of the molecule is CC(C)[C@H](NC(=O)[C@H]1CCCN(S(=O)(=O)c2ccc(F)cc2)C1)C(=O)NCc1ccccn1. The van der Waals surface area contributed by atoms with Gasteiger partial charge in [0.15, 0.2) is 0 Å². The van der Waals surface area contributed by atoms with E-state index in [4.69, 9.17) is 0 Å². The number of hydrogen-bond acceptors (Lipinski definition) is 5. The molecule has 1 aliphatic heterocycles. The van der Waals surface area contributed by atoms with Gasteiger partial charge in [0.2, 0.25) is 21.8 Å². The maximum Gasteiger partial charge on any atom is 0.243 e. The van der Waals surface area contributed by atoms with Crippen LogP contribution in [0.3, 0.4) is 0 Å². The molecule has 2 aromatic rings. The van der Waals surface area contributed by atoms with E-state index in [0.717, 1.165) is 12.1 Å². The van der Waals surface area contributed by atoms with E-state index in [9.17, 15) is 22.4 Å². The first kappa shape index (κ1) is 24.8. The fourth-order valence-corrected chi connectivity index (χ4v) is 5.25. The van der Waals surface area contributed by atoms with Gasteiger partial charge < -0.3 is 10.6 Å². The van der Waals surface area contributed by atoms with Crippen molar-refractivity contribution in [2.75, 3.05) is 13.1 Å². The monoisotopic (exact) mass is 476 g/mol. The second-order valence-corrected chi connectivity index (χ2v) is 10.4. The first-order valence-electron chi connectivity index (χ1n) is 10.9. The molecule has 0 unspecified atom stereocenters. The molecule has 2 atom stereocenters. The first-order chi connectivity index (χ1) is 15.7. The molecular weight excluding hydrogens is 447 g/mol. The number of pyridine rings is 1. The number of rotatable bonds is 8. The van der Waals surface area contributed by atoms with Gasteiger partial charge in [0.1, 0.15) is 11.9 Å². The normalized spacial score (nSPS) is 18.0. The highest BCUT2D eigenvalue weighted by atomic mass is 32.2. The summed E-state index contributed by atoms with van der Waals surface area (Å²) in [7, 11) is -3.85. The average molecular weight is 477 g/mol. The van der Waals surface area contributed by atoms with Gasteiger partial charge in [-0.1, -0.05) is 19.9 Å². The lowest BCUT2D eigenvalue weighted by Gasteiger charge is -2.32. The predicted molar refractivity (Wildman–Crippen MR) is 121 cm³/mol. The topological polar surface area (TPSA) is 108 Å². The van der Waals surface area contributed by atoms with E-state index in [2.05, 4.69) is 15.6 Å². The molecule has 1 fully saturated rings. The lowest BCUT2D eigenvalue weighted by atomic mass is 9.96. The lowest BCUT2D eigenvalue weighted by Crippen LogP contribution is -2.53. The highest BCUT2D eigenvalue weighted by Crippen LogP contribution is 2.24. The van der Waals surface area contributed by atoms with Crippen molar-refractivity contribution in [2.24, 2.45) is 11.8 Å².